The first-order chi connectivity index (χ1) is 23.5. The molecule has 1 fully saturated rings. The van der Waals surface area contributed by atoms with Gasteiger partial charge in [-0.15, -0.1) is 0 Å². The average Bonchev–Trinajstić information content (AvgIpc) is 3.03. The number of nitrogens with zero attached hydrogens (tertiary/aromatic N) is 2. The molecule has 0 radical (unpaired) electrons. The minimum Gasteiger partial charge on any atom is -0.489 e. The lowest BCUT2D eigenvalue weighted by molar-refractivity contribution is -0.193. The maximum absolute atomic E-state index is 13.5. The third-order valence-corrected chi connectivity index (χ3v) is 9.55. The fourth-order valence-electron chi connectivity index (χ4n) is 5.29. The van der Waals surface area contributed by atoms with Gasteiger partial charge in [-0.3, -0.25) is 15.0 Å². The summed E-state index contributed by atoms with van der Waals surface area (Å²) in [5.41, 5.74) is 3.73. The predicted octanol–water partition coefficient (Wildman–Crippen LogP) is 5.55. The summed E-state index contributed by atoms with van der Waals surface area (Å²) in [6.45, 7) is 7.74. The summed E-state index contributed by atoms with van der Waals surface area (Å²) in [6, 6.07) is 16.6. The number of para-hydroxylation sites is 1. The number of carboxylic acid groups (broad SMARTS) is 2. The van der Waals surface area contributed by atoms with Gasteiger partial charge in [0.15, 0.2) is 9.84 Å². The highest BCUT2D eigenvalue weighted by Crippen LogP contribution is 2.37. The number of benzene rings is 2. The number of nitrogens with one attached hydrogen (secondary N) is 1. The van der Waals surface area contributed by atoms with E-state index in [0.717, 1.165) is 35.1 Å². The number of carbonyl (C=O) groups is 3. The SMILES string of the molecule is Cc1cc(COc2ccc(S(=O)(=O)CC3(CC(=O)NO)CCCN(C(C)C)C3)cc2)c2ccccc2n1.O=C(O)C(F)(F)F.O=C(O)C(F)(F)F. The summed E-state index contributed by atoms with van der Waals surface area (Å²) in [5.74, 6) is -5.68. The molecular formula is C32H37F6N3O9S. The largest absolute Gasteiger partial charge is 0.490 e. The molecule has 1 aliphatic rings. The summed E-state index contributed by atoms with van der Waals surface area (Å²) < 4.78 is 96.4. The van der Waals surface area contributed by atoms with Crippen LogP contribution in [0.1, 0.15) is 44.4 Å². The van der Waals surface area contributed by atoms with Crippen molar-refractivity contribution < 1.29 is 69.3 Å². The first kappa shape index (κ1) is 42.7. The lowest BCUT2D eigenvalue weighted by Gasteiger charge is -2.44. The van der Waals surface area contributed by atoms with Crippen LogP contribution in [0.15, 0.2) is 59.5 Å². The second-order valence-electron chi connectivity index (χ2n) is 11.9. The quantitative estimate of drug-likeness (QED) is 0.122. The molecule has 19 heteroatoms. The van der Waals surface area contributed by atoms with E-state index in [1.165, 1.54) is 0 Å². The fourth-order valence-corrected chi connectivity index (χ4v) is 7.15. The third-order valence-electron chi connectivity index (χ3n) is 7.57. The molecule has 51 heavy (non-hydrogen) atoms. The number of halogens is 6. The molecule has 2 aromatic carbocycles. The van der Waals surface area contributed by atoms with Gasteiger partial charge in [-0.25, -0.2) is 23.5 Å². The topological polar surface area (TPSA) is 183 Å². The lowest BCUT2D eigenvalue weighted by atomic mass is 9.78. The zero-order valence-electron chi connectivity index (χ0n) is 27.6. The number of aromatic nitrogens is 1. The highest BCUT2D eigenvalue weighted by molar-refractivity contribution is 7.91. The van der Waals surface area contributed by atoms with Crippen molar-refractivity contribution in [2.75, 3.05) is 18.8 Å². The molecule has 282 valence electrons. The Morgan fingerprint density at radius 3 is 2.04 bits per heavy atom. The summed E-state index contributed by atoms with van der Waals surface area (Å²) in [7, 11) is -3.69. The fraction of sp³-hybridized carbons (Fsp3) is 0.438. The van der Waals surface area contributed by atoms with Gasteiger partial charge in [0.05, 0.1) is 16.2 Å². The van der Waals surface area contributed by atoms with Crippen LogP contribution in [0.25, 0.3) is 10.9 Å². The first-order valence-electron chi connectivity index (χ1n) is 15.1. The van der Waals surface area contributed by atoms with Crippen LogP contribution >= 0.6 is 0 Å². The monoisotopic (exact) mass is 753 g/mol. The Balaban J connectivity index is 0.000000543. The van der Waals surface area contributed by atoms with Crippen LogP contribution in [-0.2, 0) is 30.8 Å². The molecular weight excluding hydrogens is 716 g/mol. The second kappa shape index (κ2) is 17.6. The molecule has 1 unspecified atom stereocenters. The van der Waals surface area contributed by atoms with Crippen LogP contribution in [0.2, 0.25) is 0 Å². The van der Waals surface area contributed by atoms with Gasteiger partial charge in [0.1, 0.15) is 12.4 Å². The predicted molar refractivity (Wildman–Crippen MR) is 170 cm³/mol. The normalized spacial score (nSPS) is 16.7. The molecule has 0 saturated carbocycles. The van der Waals surface area contributed by atoms with Gasteiger partial charge in [-0.2, -0.15) is 26.3 Å². The van der Waals surface area contributed by atoms with Crippen molar-refractivity contribution in [1.82, 2.24) is 15.4 Å². The number of ether oxygens (including phenoxy) is 1. The van der Waals surface area contributed by atoms with Crippen LogP contribution in [0.3, 0.4) is 0 Å². The van der Waals surface area contributed by atoms with E-state index < -0.39 is 45.5 Å². The number of sulfone groups is 1. The summed E-state index contributed by atoms with van der Waals surface area (Å²) in [4.78, 5) is 36.9. The van der Waals surface area contributed by atoms with Crippen molar-refractivity contribution in [1.29, 1.82) is 0 Å². The molecule has 1 aromatic heterocycles. The summed E-state index contributed by atoms with van der Waals surface area (Å²) in [5, 5.41) is 24.4. The number of hydrogen-bond donors (Lipinski definition) is 4. The maximum Gasteiger partial charge on any atom is 0.490 e. The number of hydrogen-bond acceptors (Lipinski definition) is 9. The molecule has 1 atom stereocenters. The maximum atomic E-state index is 13.5. The van der Waals surface area contributed by atoms with E-state index in [0.29, 0.717) is 25.3 Å². The van der Waals surface area contributed by atoms with Crippen LogP contribution < -0.4 is 10.2 Å². The number of carbonyl (C=O) groups excluding carboxylic acids is 1. The number of aryl methyl sites for hydroxylation is 1. The Bertz CT molecular complexity index is 1740. The standard InChI is InChI=1S/C28H35N3O5S.2C2HF3O2/c1-20(2)31-14-6-13-28(18-31,16-27(32)30-33)19-37(34,35)24-11-9-23(10-12-24)36-17-22-15-21(3)29-26-8-5-4-7-25(22)26;2*3-2(4,5)1(6)7/h4-5,7-12,15,20,33H,6,13-14,16-19H2,1-3H3,(H,30,32);2*(H,6,7). The van der Waals surface area contributed by atoms with E-state index in [1.54, 1.807) is 29.7 Å². The highest BCUT2D eigenvalue weighted by atomic mass is 32.2. The number of fused-ring (bicyclic) bond motifs is 1. The molecule has 1 saturated heterocycles. The summed E-state index contributed by atoms with van der Waals surface area (Å²) in [6.07, 6.45) is -8.82. The Labute approximate surface area is 288 Å². The van der Waals surface area contributed by atoms with E-state index in [4.69, 9.17) is 29.7 Å². The van der Waals surface area contributed by atoms with E-state index in [2.05, 4.69) is 23.7 Å². The molecule has 3 aromatic rings. The smallest absolute Gasteiger partial charge is 0.489 e. The molecule has 4 N–H and O–H groups in total. The molecule has 0 aliphatic carbocycles. The number of carboxylic acids is 2. The lowest BCUT2D eigenvalue weighted by Crippen LogP contribution is -2.50. The second-order valence-corrected chi connectivity index (χ2v) is 13.9. The number of alkyl halides is 6. The molecule has 12 nitrogen and oxygen atoms in total. The molecule has 1 aliphatic heterocycles. The highest BCUT2D eigenvalue weighted by Gasteiger charge is 2.42. The van der Waals surface area contributed by atoms with Crippen molar-refractivity contribution in [3.63, 3.8) is 0 Å². The number of likely N-dealkylation sites (tertiary alicyclic amines) is 1. The van der Waals surface area contributed by atoms with Crippen molar-refractivity contribution in [3.8, 4) is 5.75 Å². The van der Waals surface area contributed by atoms with E-state index in [1.807, 2.05) is 37.3 Å². The van der Waals surface area contributed by atoms with Gasteiger partial charge < -0.3 is 19.8 Å². The minimum atomic E-state index is -5.08. The Kier molecular flexibility index (Phi) is 14.8. The van der Waals surface area contributed by atoms with Crippen LogP contribution in [0, 0.1) is 12.3 Å². The van der Waals surface area contributed by atoms with Crippen LogP contribution in [-0.4, -0.2) is 88.8 Å². The molecule has 1 amide bonds. The molecule has 0 bridgehead atoms. The third kappa shape index (κ3) is 13.3. The van der Waals surface area contributed by atoms with Gasteiger partial charge in [-0.1, -0.05) is 18.2 Å². The molecule has 0 spiro atoms. The van der Waals surface area contributed by atoms with Crippen LogP contribution in [0.5, 0.6) is 5.75 Å². The number of amides is 1. The van der Waals surface area contributed by atoms with Crippen molar-refractivity contribution in [3.05, 3.63) is 65.9 Å². The number of rotatable bonds is 9. The van der Waals surface area contributed by atoms with Crippen molar-refractivity contribution >= 4 is 38.6 Å². The Morgan fingerprint density at radius 2 is 1.53 bits per heavy atom. The number of pyridine rings is 1. The molecule has 4 rings (SSSR count). The summed E-state index contributed by atoms with van der Waals surface area (Å²) >= 11 is 0. The van der Waals surface area contributed by atoms with Crippen LogP contribution in [0.4, 0.5) is 26.3 Å². The van der Waals surface area contributed by atoms with Crippen molar-refractivity contribution in [2.24, 2.45) is 5.41 Å². The first-order valence-corrected chi connectivity index (χ1v) is 16.7. The zero-order chi connectivity index (χ0) is 38.8. The number of aliphatic carboxylic acids is 2. The molecule has 2 heterocycles. The van der Waals surface area contributed by atoms with Gasteiger partial charge in [0, 0.05) is 41.1 Å². The van der Waals surface area contributed by atoms with Gasteiger partial charge >= 0.3 is 24.3 Å². The zero-order valence-corrected chi connectivity index (χ0v) is 28.4. The Hall–Kier alpha value is -4.49. The van der Waals surface area contributed by atoms with Gasteiger partial charge in [0.25, 0.3) is 0 Å². The number of piperidine rings is 1. The van der Waals surface area contributed by atoms with Gasteiger partial charge in [0.2, 0.25) is 5.91 Å². The van der Waals surface area contributed by atoms with E-state index >= 15 is 0 Å². The van der Waals surface area contributed by atoms with E-state index in [9.17, 15) is 39.6 Å². The minimum absolute atomic E-state index is 0.0492. The average molecular weight is 754 g/mol. The van der Waals surface area contributed by atoms with Gasteiger partial charge in [-0.05, 0) is 76.6 Å². The number of hydroxylamine groups is 1. The Morgan fingerprint density at radius 1 is 0.980 bits per heavy atom. The van der Waals surface area contributed by atoms with E-state index in [-0.39, 0.29) is 23.1 Å². The van der Waals surface area contributed by atoms with Crippen molar-refractivity contribution in [2.45, 2.75) is 69.9 Å².